The molecule has 2 N–H and O–H groups in total. The smallest absolute Gasteiger partial charge is 0.176 e. The Balaban J connectivity index is 1.78. The van der Waals surface area contributed by atoms with Gasteiger partial charge in [-0.05, 0) is 43.5 Å². The Morgan fingerprint density at radius 3 is 2.29 bits per heavy atom. The van der Waals surface area contributed by atoms with Crippen molar-refractivity contribution in [2.45, 2.75) is 43.5 Å². The highest BCUT2D eigenvalue weighted by atomic mass is 16.5. The molecule has 1 aliphatic carbocycles. The van der Waals surface area contributed by atoms with Crippen molar-refractivity contribution in [2.24, 2.45) is 0 Å². The molecule has 1 aliphatic heterocycles. The molecule has 3 aromatic carbocycles. The van der Waals surface area contributed by atoms with Crippen molar-refractivity contribution in [1.29, 1.82) is 0 Å². The molecule has 0 saturated heterocycles. The van der Waals surface area contributed by atoms with Crippen LogP contribution in [0.5, 0.6) is 23.0 Å². The molecule has 0 aromatic heterocycles. The molecule has 3 aromatic rings. The highest BCUT2D eigenvalue weighted by Crippen LogP contribution is 2.68. The van der Waals surface area contributed by atoms with Gasteiger partial charge in [0.1, 0.15) is 23.0 Å². The van der Waals surface area contributed by atoms with Crippen molar-refractivity contribution in [2.75, 3.05) is 20.3 Å². The zero-order valence-corrected chi connectivity index (χ0v) is 19.7. The maximum Gasteiger partial charge on any atom is 0.176 e. The van der Waals surface area contributed by atoms with Gasteiger partial charge in [0.05, 0.1) is 32.0 Å². The third-order valence-electron chi connectivity index (χ3n) is 7.02. The Bertz CT molecular complexity index is 1160. The Hall–Kier alpha value is -3.22. The maximum absolute atomic E-state index is 12.5. The van der Waals surface area contributed by atoms with E-state index >= 15 is 0 Å². The van der Waals surface area contributed by atoms with Gasteiger partial charge in [-0.1, -0.05) is 42.5 Å². The van der Waals surface area contributed by atoms with Crippen LogP contribution in [-0.4, -0.2) is 36.6 Å². The average molecular weight is 463 g/mol. The zero-order chi connectivity index (χ0) is 23.9. The summed E-state index contributed by atoms with van der Waals surface area (Å²) in [6.45, 7) is 4.66. The first-order valence-electron chi connectivity index (χ1n) is 11.7. The predicted molar refractivity (Wildman–Crippen MR) is 128 cm³/mol. The van der Waals surface area contributed by atoms with Crippen molar-refractivity contribution in [3.8, 4) is 23.0 Å². The minimum atomic E-state index is -1.74. The third kappa shape index (κ3) is 3.09. The first kappa shape index (κ1) is 22.6. The second kappa shape index (κ2) is 8.53. The second-order valence-corrected chi connectivity index (χ2v) is 8.71. The Kier molecular flexibility index (Phi) is 5.66. The lowest BCUT2D eigenvalue weighted by Crippen LogP contribution is -2.52. The van der Waals surface area contributed by atoms with Crippen LogP contribution in [0.4, 0.5) is 0 Å². The van der Waals surface area contributed by atoms with Crippen LogP contribution in [0.25, 0.3) is 0 Å². The van der Waals surface area contributed by atoms with E-state index in [1.54, 1.807) is 19.2 Å². The molecule has 0 bridgehead atoms. The fourth-order valence-corrected chi connectivity index (χ4v) is 5.66. The number of benzene rings is 3. The number of fused-ring (bicyclic) bond motifs is 3. The fraction of sp³-hybridized carbons (Fsp3) is 0.357. The fourth-order valence-electron chi connectivity index (χ4n) is 5.66. The molecule has 4 atom stereocenters. The Morgan fingerprint density at radius 1 is 0.941 bits per heavy atom. The van der Waals surface area contributed by atoms with Crippen molar-refractivity contribution in [3.63, 3.8) is 0 Å². The van der Waals surface area contributed by atoms with Crippen molar-refractivity contribution < 1.29 is 29.2 Å². The van der Waals surface area contributed by atoms with Gasteiger partial charge in [0.2, 0.25) is 0 Å². The van der Waals surface area contributed by atoms with Gasteiger partial charge in [-0.2, -0.15) is 0 Å². The first-order chi connectivity index (χ1) is 16.5. The van der Waals surface area contributed by atoms with E-state index in [0.29, 0.717) is 48.2 Å². The first-order valence-corrected chi connectivity index (χ1v) is 11.7. The third-order valence-corrected chi connectivity index (χ3v) is 7.02. The molecule has 2 aliphatic rings. The number of aliphatic hydroxyl groups is 2. The number of hydrogen-bond acceptors (Lipinski definition) is 6. The minimum Gasteiger partial charge on any atom is -0.497 e. The van der Waals surface area contributed by atoms with Crippen LogP contribution in [0, 0.1) is 0 Å². The van der Waals surface area contributed by atoms with E-state index < -0.39 is 17.3 Å². The Morgan fingerprint density at radius 2 is 1.65 bits per heavy atom. The SMILES string of the molecule is CCOc1cc(OCC)c2c(c1)O[C@@]1(c3ccc(OC)cc3)C(c3ccccc3)CC(O)[C@@]21O. The van der Waals surface area contributed by atoms with Gasteiger partial charge < -0.3 is 29.2 Å². The van der Waals surface area contributed by atoms with E-state index in [1.165, 1.54) is 0 Å². The number of hydrogen-bond donors (Lipinski definition) is 2. The number of rotatable bonds is 7. The monoisotopic (exact) mass is 462 g/mol. The molecule has 0 amide bonds. The topological polar surface area (TPSA) is 77.4 Å². The van der Waals surface area contributed by atoms with Crippen molar-refractivity contribution >= 4 is 0 Å². The van der Waals surface area contributed by atoms with E-state index in [0.717, 1.165) is 11.1 Å². The molecule has 6 nitrogen and oxygen atoms in total. The maximum atomic E-state index is 12.5. The minimum absolute atomic E-state index is 0.320. The van der Waals surface area contributed by atoms with Crippen LogP contribution in [-0.2, 0) is 11.2 Å². The van der Waals surface area contributed by atoms with E-state index in [1.807, 2.05) is 68.4 Å². The molecule has 1 saturated carbocycles. The molecule has 0 radical (unpaired) electrons. The summed E-state index contributed by atoms with van der Waals surface area (Å²) in [6.07, 6.45) is -0.761. The van der Waals surface area contributed by atoms with Crippen LogP contribution in [0.2, 0.25) is 0 Å². The molecule has 2 unspecified atom stereocenters. The molecule has 5 rings (SSSR count). The van der Waals surface area contributed by atoms with Gasteiger partial charge in [-0.3, -0.25) is 0 Å². The van der Waals surface area contributed by atoms with E-state index in [9.17, 15) is 10.2 Å². The molecule has 34 heavy (non-hydrogen) atoms. The van der Waals surface area contributed by atoms with Gasteiger partial charge >= 0.3 is 0 Å². The molecule has 6 heteroatoms. The summed E-state index contributed by atoms with van der Waals surface area (Å²) in [5.41, 5.74) is -0.840. The summed E-state index contributed by atoms with van der Waals surface area (Å²) >= 11 is 0. The molecular weight excluding hydrogens is 432 g/mol. The van der Waals surface area contributed by atoms with E-state index in [-0.39, 0.29) is 5.92 Å². The Labute approximate surface area is 199 Å². The van der Waals surface area contributed by atoms with E-state index in [2.05, 4.69) is 0 Å². The lowest BCUT2D eigenvalue weighted by atomic mass is 9.71. The summed E-state index contributed by atoms with van der Waals surface area (Å²) in [4.78, 5) is 0. The molecule has 0 spiro atoms. The summed E-state index contributed by atoms with van der Waals surface area (Å²) < 4.78 is 23.9. The van der Waals surface area contributed by atoms with Crippen LogP contribution >= 0.6 is 0 Å². The molecule has 1 fully saturated rings. The zero-order valence-electron chi connectivity index (χ0n) is 19.7. The summed E-state index contributed by atoms with van der Waals surface area (Å²) in [6, 6.07) is 20.9. The average Bonchev–Trinajstić information content (AvgIpc) is 3.25. The number of ether oxygens (including phenoxy) is 4. The van der Waals surface area contributed by atoms with Gasteiger partial charge in [0.15, 0.2) is 11.2 Å². The number of aliphatic hydroxyl groups excluding tert-OH is 1. The summed E-state index contributed by atoms with van der Waals surface area (Å²) in [5.74, 6) is 1.87. The van der Waals surface area contributed by atoms with E-state index in [4.69, 9.17) is 18.9 Å². The molecule has 178 valence electrons. The van der Waals surface area contributed by atoms with Gasteiger partial charge in [-0.25, -0.2) is 0 Å². The standard InChI is InChI=1S/C28H30O6/c1-4-32-21-15-23(33-5-2)26-24(16-21)34-28(19-11-13-20(31-3)14-12-19)22(17-25(29)27(26,28)30)18-9-7-6-8-10-18/h6-16,22,25,29-30H,4-5,17H2,1-3H3/t22?,25?,27-,28+/m1/s1. The lowest BCUT2D eigenvalue weighted by molar-refractivity contribution is -0.150. The molecule has 1 heterocycles. The summed E-state index contributed by atoms with van der Waals surface area (Å²) in [5, 5.41) is 24.0. The highest BCUT2D eigenvalue weighted by Gasteiger charge is 2.73. The van der Waals surface area contributed by atoms with Gasteiger partial charge in [-0.15, -0.1) is 0 Å². The van der Waals surface area contributed by atoms with Crippen LogP contribution in [0.15, 0.2) is 66.7 Å². The lowest BCUT2D eigenvalue weighted by Gasteiger charge is -2.40. The predicted octanol–water partition coefficient (Wildman–Crippen LogP) is 4.52. The summed E-state index contributed by atoms with van der Waals surface area (Å²) in [7, 11) is 1.61. The van der Waals surface area contributed by atoms with Crippen molar-refractivity contribution in [1.82, 2.24) is 0 Å². The van der Waals surface area contributed by atoms with Crippen LogP contribution < -0.4 is 18.9 Å². The highest BCUT2D eigenvalue weighted by molar-refractivity contribution is 5.62. The van der Waals surface area contributed by atoms with Gasteiger partial charge in [0, 0.05) is 18.1 Å². The van der Waals surface area contributed by atoms with Crippen LogP contribution in [0.1, 0.15) is 42.9 Å². The van der Waals surface area contributed by atoms with Gasteiger partial charge in [0.25, 0.3) is 0 Å². The normalized spacial score (nSPS) is 27.0. The largest absolute Gasteiger partial charge is 0.497 e. The van der Waals surface area contributed by atoms with Crippen LogP contribution in [0.3, 0.4) is 0 Å². The number of methoxy groups -OCH3 is 1. The second-order valence-electron chi connectivity index (χ2n) is 8.71. The molecular formula is C28H30O6. The van der Waals surface area contributed by atoms with Crippen molar-refractivity contribution in [3.05, 3.63) is 83.4 Å². The quantitative estimate of drug-likeness (QED) is 0.538.